The van der Waals surface area contributed by atoms with E-state index < -0.39 is 0 Å². The van der Waals surface area contributed by atoms with Crippen LogP contribution in [0.4, 0.5) is 0 Å². The number of benzene rings is 2. The van der Waals surface area contributed by atoms with Gasteiger partial charge in [-0.25, -0.2) is 0 Å². The predicted octanol–water partition coefficient (Wildman–Crippen LogP) is 7.27. The molecule has 0 fully saturated rings. The minimum absolute atomic E-state index is 0.0975. The number of phenolic OH excluding ortho intramolecular Hbond substituents is 1. The molecule has 48 heavy (non-hydrogen) atoms. The highest BCUT2D eigenvalue weighted by molar-refractivity contribution is 5.97. The number of aliphatic hydroxyl groups is 1. The van der Waals surface area contributed by atoms with Crippen molar-refractivity contribution in [1.29, 1.82) is 0 Å². The zero-order valence-corrected chi connectivity index (χ0v) is 28.4. The number of nitrogens with zero attached hydrogens (tertiary/aromatic N) is 4. The molecule has 254 valence electrons. The first-order valence-electron chi connectivity index (χ1n) is 16.6. The summed E-state index contributed by atoms with van der Waals surface area (Å²) in [6, 6.07) is 7.19. The minimum atomic E-state index is -0.356. The first kappa shape index (κ1) is 34.5. The summed E-state index contributed by atoms with van der Waals surface area (Å²) in [7, 11) is 0. The number of fused-ring (bicyclic) bond motifs is 2. The smallest absolute Gasteiger partial charge is 0.204 e. The molecule has 0 amide bonds. The third-order valence-electron chi connectivity index (χ3n) is 8.26. The van der Waals surface area contributed by atoms with E-state index in [1.807, 2.05) is 73.7 Å². The van der Waals surface area contributed by atoms with Crippen LogP contribution in [0.2, 0.25) is 0 Å². The predicted molar refractivity (Wildman–Crippen MR) is 188 cm³/mol. The van der Waals surface area contributed by atoms with Gasteiger partial charge in [0.05, 0.1) is 25.2 Å². The van der Waals surface area contributed by atoms with Gasteiger partial charge in [-0.3, -0.25) is 14.2 Å². The molecule has 10 heteroatoms. The van der Waals surface area contributed by atoms with Crippen LogP contribution in [0.1, 0.15) is 70.1 Å². The molecule has 0 atom stereocenters. The number of allylic oxidation sites excluding steroid dienone is 4. The molecule has 5 rings (SSSR count). The van der Waals surface area contributed by atoms with Crippen molar-refractivity contribution < 1.29 is 24.1 Å². The fourth-order valence-corrected chi connectivity index (χ4v) is 5.71. The van der Waals surface area contributed by atoms with E-state index in [1.54, 1.807) is 24.5 Å². The van der Waals surface area contributed by atoms with Crippen molar-refractivity contribution in [2.75, 3.05) is 13.2 Å². The van der Waals surface area contributed by atoms with Crippen molar-refractivity contribution in [2.24, 2.45) is 0 Å². The molecule has 5 aromatic rings. The molecule has 0 saturated heterocycles. The summed E-state index contributed by atoms with van der Waals surface area (Å²) in [6.07, 6.45) is 15.5. The van der Waals surface area contributed by atoms with Gasteiger partial charge in [0.1, 0.15) is 33.8 Å². The van der Waals surface area contributed by atoms with Crippen LogP contribution in [0.15, 0.2) is 81.6 Å². The Morgan fingerprint density at radius 2 is 1.29 bits per heavy atom. The highest BCUT2D eigenvalue weighted by Gasteiger charge is 2.23. The Hall–Kier alpha value is -4.83. The molecule has 0 aliphatic rings. The van der Waals surface area contributed by atoms with Gasteiger partial charge in [0, 0.05) is 61.1 Å². The maximum absolute atomic E-state index is 14.3. The van der Waals surface area contributed by atoms with Crippen molar-refractivity contribution in [3.05, 3.63) is 99.3 Å². The van der Waals surface area contributed by atoms with Gasteiger partial charge in [-0.1, -0.05) is 23.3 Å². The topological polar surface area (TPSA) is 125 Å². The second-order valence-corrected chi connectivity index (χ2v) is 12.5. The molecule has 2 aromatic carbocycles. The Morgan fingerprint density at radius 3 is 1.79 bits per heavy atom. The second-order valence-electron chi connectivity index (χ2n) is 12.5. The van der Waals surface area contributed by atoms with E-state index in [2.05, 4.69) is 10.2 Å². The van der Waals surface area contributed by atoms with Gasteiger partial charge >= 0.3 is 0 Å². The molecular formula is C38H46N4O6. The average molecular weight is 655 g/mol. The number of hydrogen-bond donors (Lipinski definition) is 2. The number of aromatic hydroxyl groups is 1. The maximum Gasteiger partial charge on any atom is 0.204 e. The molecule has 0 unspecified atom stereocenters. The lowest BCUT2D eigenvalue weighted by Crippen LogP contribution is -2.11. The zero-order chi connectivity index (χ0) is 34.0. The van der Waals surface area contributed by atoms with E-state index in [-0.39, 0.29) is 28.8 Å². The van der Waals surface area contributed by atoms with Crippen LogP contribution in [0.3, 0.4) is 0 Å². The van der Waals surface area contributed by atoms with Gasteiger partial charge in [-0.2, -0.15) is 10.2 Å². The molecule has 10 nitrogen and oxygen atoms in total. The van der Waals surface area contributed by atoms with Crippen LogP contribution in [0.25, 0.3) is 21.9 Å². The number of aromatic nitrogens is 4. The first-order chi connectivity index (χ1) is 23.3. The number of ether oxygens (including phenoxy) is 2. The van der Waals surface area contributed by atoms with Gasteiger partial charge in [-0.15, -0.1) is 0 Å². The van der Waals surface area contributed by atoms with Crippen molar-refractivity contribution in [3.63, 3.8) is 0 Å². The van der Waals surface area contributed by atoms with Crippen molar-refractivity contribution in [1.82, 2.24) is 19.6 Å². The van der Waals surface area contributed by atoms with Crippen LogP contribution in [-0.4, -0.2) is 43.0 Å². The normalized spacial score (nSPS) is 11.3. The quantitative estimate of drug-likeness (QED) is 0.0609. The Balaban J connectivity index is 1.52. The second kappa shape index (κ2) is 16.3. The van der Waals surface area contributed by atoms with Gasteiger partial charge < -0.3 is 24.1 Å². The standard InChI is InChI=1S/C38H46N4O6/c1-26(2)11-13-28-30(25-43)32(47-22-8-6-18-42-20-10-16-40-42)24-33-35(28)38(45)36-34(48-33)23-31(29(37(36)44)14-12-27(3)4)46-21-7-5-17-41-19-9-15-39-41/h9-12,15-16,19-20,23-24,43-44H,5-8,13-14,17-18,21-22,25H2,1-4H3. The Morgan fingerprint density at radius 1 is 0.771 bits per heavy atom. The Kier molecular flexibility index (Phi) is 11.7. The molecule has 0 aliphatic heterocycles. The third-order valence-corrected chi connectivity index (χ3v) is 8.26. The molecule has 2 N–H and O–H groups in total. The number of phenols is 1. The summed E-state index contributed by atoms with van der Waals surface area (Å²) in [4.78, 5) is 14.3. The third kappa shape index (κ3) is 8.36. The highest BCUT2D eigenvalue weighted by atomic mass is 16.5. The fraction of sp³-hybridized carbons (Fsp3) is 0.395. The summed E-state index contributed by atoms with van der Waals surface area (Å²) in [5.41, 5.74) is 4.05. The highest BCUT2D eigenvalue weighted by Crippen LogP contribution is 2.39. The number of rotatable bonds is 17. The first-order valence-corrected chi connectivity index (χ1v) is 16.6. The zero-order valence-electron chi connectivity index (χ0n) is 28.4. The lowest BCUT2D eigenvalue weighted by atomic mass is 9.95. The van der Waals surface area contributed by atoms with Crippen LogP contribution < -0.4 is 14.9 Å². The molecule has 0 radical (unpaired) electrons. The van der Waals surface area contributed by atoms with Crippen molar-refractivity contribution >= 4 is 21.9 Å². The van der Waals surface area contributed by atoms with E-state index in [0.29, 0.717) is 65.2 Å². The molecule has 0 spiro atoms. The summed E-state index contributed by atoms with van der Waals surface area (Å²) in [5.74, 6) is 0.801. The SMILES string of the molecule is CC(C)=CCc1c(OCCCCn2cccn2)cc2oc3cc(OCCCCn4cccn4)c(CO)c(CC=C(C)C)c3c(=O)c2c1O. The molecule has 3 heterocycles. The largest absolute Gasteiger partial charge is 0.507 e. The lowest BCUT2D eigenvalue weighted by molar-refractivity contribution is 0.258. The van der Waals surface area contributed by atoms with Gasteiger partial charge in [0.25, 0.3) is 0 Å². The van der Waals surface area contributed by atoms with Gasteiger partial charge in [0.2, 0.25) is 5.43 Å². The van der Waals surface area contributed by atoms with Gasteiger partial charge in [0.15, 0.2) is 0 Å². The van der Waals surface area contributed by atoms with Crippen LogP contribution in [0, 0.1) is 0 Å². The molecule has 0 aliphatic carbocycles. The lowest BCUT2D eigenvalue weighted by Gasteiger charge is -2.18. The number of aryl methyl sites for hydroxylation is 2. The fourth-order valence-electron chi connectivity index (χ4n) is 5.71. The van der Waals surface area contributed by atoms with E-state index >= 15 is 0 Å². The summed E-state index contributed by atoms with van der Waals surface area (Å²) < 4.78 is 22.6. The van der Waals surface area contributed by atoms with Crippen LogP contribution in [-0.2, 0) is 32.5 Å². The van der Waals surface area contributed by atoms with E-state index in [0.717, 1.165) is 49.9 Å². The summed E-state index contributed by atoms with van der Waals surface area (Å²) in [5, 5.41) is 31.1. The van der Waals surface area contributed by atoms with Crippen molar-refractivity contribution in [3.8, 4) is 17.2 Å². The summed E-state index contributed by atoms with van der Waals surface area (Å²) in [6.45, 7) is 10.0. The number of unbranched alkanes of at least 4 members (excludes halogenated alkanes) is 2. The van der Waals surface area contributed by atoms with Crippen LogP contribution >= 0.6 is 0 Å². The van der Waals surface area contributed by atoms with E-state index in [9.17, 15) is 15.0 Å². The number of aliphatic hydroxyl groups excluding tert-OH is 1. The average Bonchev–Trinajstić information content (AvgIpc) is 3.77. The van der Waals surface area contributed by atoms with Crippen LogP contribution in [0.5, 0.6) is 17.2 Å². The molecule has 0 bridgehead atoms. The summed E-state index contributed by atoms with van der Waals surface area (Å²) >= 11 is 0. The maximum atomic E-state index is 14.3. The van der Waals surface area contributed by atoms with Gasteiger partial charge in [-0.05, 0) is 83.9 Å². The molecule has 3 aromatic heterocycles. The molecular weight excluding hydrogens is 608 g/mol. The van der Waals surface area contributed by atoms with Crippen molar-refractivity contribution in [2.45, 2.75) is 85.9 Å². The van der Waals surface area contributed by atoms with E-state index in [1.165, 1.54) is 0 Å². The minimum Gasteiger partial charge on any atom is -0.507 e. The van der Waals surface area contributed by atoms with E-state index in [4.69, 9.17) is 13.9 Å². The molecule has 0 saturated carbocycles. The Labute approximate surface area is 280 Å². The number of hydrogen-bond acceptors (Lipinski definition) is 8. The monoisotopic (exact) mass is 654 g/mol. The Bertz CT molecular complexity index is 1930.